The summed E-state index contributed by atoms with van der Waals surface area (Å²) in [4.78, 5) is 10.2. The van der Waals surface area contributed by atoms with E-state index in [-0.39, 0.29) is 5.56 Å². The fourth-order valence-electron chi connectivity index (χ4n) is 0.961. The van der Waals surface area contributed by atoms with Crippen LogP contribution in [-0.2, 0) is 4.79 Å². The lowest BCUT2D eigenvalue weighted by Gasteiger charge is -1.99. The largest absolute Gasteiger partial charge is 0.478 e. The fourth-order valence-corrected chi connectivity index (χ4v) is 0.961. The second kappa shape index (κ2) is 4.33. The lowest BCUT2D eigenvalue weighted by Crippen LogP contribution is -1.94. The highest BCUT2D eigenvalue weighted by atomic mass is 19.1. The zero-order valence-electron chi connectivity index (χ0n) is 7.37. The van der Waals surface area contributed by atoms with Crippen molar-refractivity contribution in [3.63, 3.8) is 0 Å². The maximum Gasteiger partial charge on any atom is 0.328 e. The van der Waals surface area contributed by atoms with Crippen LogP contribution >= 0.6 is 0 Å². The first kappa shape index (κ1) is 10.9. The number of carboxylic acids is 1. The summed E-state index contributed by atoms with van der Waals surface area (Å²) in [5.41, 5.74) is -0.863. The van der Waals surface area contributed by atoms with Crippen molar-refractivity contribution in [3.05, 3.63) is 41.0 Å². The Labute approximate surface area is 83.9 Å². The zero-order chi connectivity index (χ0) is 11.4. The van der Waals surface area contributed by atoms with Gasteiger partial charge in [-0.3, -0.25) is 0 Å². The smallest absolute Gasteiger partial charge is 0.328 e. The van der Waals surface area contributed by atoms with Gasteiger partial charge in [0.15, 0.2) is 5.82 Å². The van der Waals surface area contributed by atoms with Crippen molar-refractivity contribution in [2.45, 2.75) is 0 Å². The quantitative estimate of drug-likeness (QED) is 0.757. The van der Waals surface area contributed by atoms with Crippen molar-refractivity contribution in [2.75, 3.05) is 0 Å². The van der Waals surface area contributed by atoms with E-state index in [9.17, 15) is 13.6 Å². The number of benzene rings is 1. The van der Waals surface area contributed by atoms with Crippen molar-refractivity contribution < 1.29 is 18.7 Å². The van der Waals surface area contributed by atoms with Gasteiger partial charge in [-0.05, 0) is 18.2 Å². The van der Waals surface area contributed by atoms with E-state index in [0.29, 0.717) is 6.08 Å². The van der Waals surface area contributed by atoms with E-state index in [1.165, 1.54) is 6.07 Å². The number of carboxylic acid groups (broad SMARTS) is 1. The van der Waals surface area contributed by atoms with Gasteiger partial charge in [-0.25, -0.2) is 13.6 Å². The molecule has 0 heterocycles. The van der Waals surface area contributed by atoms with E-state index >= 15 is 0 Å². The van der Waals surface area contributed by atoms with Crippen LogP contribution < -0.4 is 0 Å². The van der Waals surface area contributed by atoms with Crippen LogP contribution in [0.15, 0.2) is 18.2 Å². The molecule has 0 bridgehead atoms. The Morgan fingerprint density at radius 3 is 2.67 bits per heavy atom. The van der Waals surface area contributed by atoms with Crippen molar-refractivity contribution in [1.29, 1.82) is 5.26 Å². The summed E-state index contributed by atoms with van der Waals surface area (Å²) in [6.45, 7) is 0. The summed E-state index contributed by atoms with van der Waals surface area (Å²) < 4.78 is 26.1. The molecule has 0 unspecified atom stereocenters. The molecule has 0 aliphatic rings. The number of hydrogen-bond donors (Lipinski definition) is 1. The highest BCUT2D eigenvalue weighted by molar-refractivity contribution is 5.85. The molecule has 0 amide bonds. The average molecular weight is 209 g/mol. The SMILES string of the molecule is N#Cc1c(F)ccc(/C=C/C(=O)O)c1F. The van der Waals surface area contributed by atoms with Crippen molar-refractivity contribution in [3.8, 4) is 6.07 Å². The molecule has 0 radical (unpaired) electrons. The van der Waals surface area contributed by atoms with Gasteiger partial charge in [-0.2, -0.15) is 5.26 Å². The van der Waals surface area contributed by atoms with Crippen molar-refractivity contribution >= 4 is 12.0 Å². The first-order chi connectivity index (χ1) is 7.06. The topological polar surface area (TPSA) is 61.1 Å². The molecule has 0 saturated carbocycles. The maximum atomic E-state index is 13.3. The minimum atomic E-state index is -1.25. The van der Waals surface area contributed by atoms with E-state index in [2.05, 4.69) is 0 Å². The molecule has 5 heteroatoms. The second-order valence-electron chi connectivity index (χ2n) is 2.61. The molecule has 1 rings (SSSR count). The molecule has 15 heavy (non-hydrogen) atoms. The van der Waals surface area contributed by atoms with Gasteiger partial charge < -0.3 is 5.11 Å². The Kier molecular flexibility index (Phi) is 3.13. The molecule has 0 fully saturated rings. The highest BCUT2D eigenvalue weighted by Gasteiger charge is 2.11. The standard InChI is InChI=1S/C10H5F2NO2/c11-8-3-1-6(2-4-9(14)15)10(12)7(8)5-13/h1-4H,(H,14,15)/b4-2+. The summed E-state index contributed by atoms with van der Waals surface area (Å²) in [7, 11) is 0. The van der Waals surface area contributed by atoms with Gasteiger partial charge in [0.2, 0.25) is 0 Å². The molecule has 0 aromatic heterocycles. The minimum Gasteiger partial charge on any atom is -0.478 e. The molecule has 0 spiro atoms. The van der Waals surface area contributed by atoms with Crippen LogP contribution in [0.2, 0.25) is 0 Å². The Morgan fingerprint density at radius 2 is 2.13 bits per heavy atom. The van der Waals surface area contributed by atoms with Gasteiger partial charge >= 0.3 is 5.97 Å². The number of nitrogens with zero attached hydrogens (tertiary/aromatic N) is 1. The Morgan fingerprint density at radius 1 is 1.47 bits per heavy atom. The molecule has 1 N–H and O–H groups in total. The number of carbonyl (C=O) groups is 1. The van der Waals surface area contributed by atoms with Crippen LogP contribution in [0.4, 0.5) is 8.78 Å². The van der Waals surface area contributed by atoms with Crippen LogP contribution in [0.5, 0.6) is 0 Å². The normalized spacial score (nSPS) is 10.2. The van der Waals surface area contributed by atoms with Gasteiger partial charge in [0.25, 0.3) is 0 Å². The van der Waals surface area contributed by atoms with E-state index in [4.69, 9.17) is 10.4 Å². The monoisotopic (exact) mass is 209 g/mol. The molecule has 0 aliphatic heterocycles. The van der Waals surface area contributed by atoms with Gasteiger partial charge in [0.05, 0.1) is 0 Å². The van der Waals surface area contributed by atoms with E-state index < -0.39 is 23.2 Å². The molecule has 1 aromatic rings. The van der Waals surface area contributed by atoms with Crippen molar-refractivity contribution in [2.24, 2.45) is 0 Å². The first-order valence-corrected chi connectivity index (χ1v) is 3.85. The number of hydrogen-bond acceptors (Lipinski definition) is 2. The first-order valence-electron chi connectivity index (χ1n) is 3.85. The summed E-state index contributed by atoms with van der Waals surface area (Å²) in [5, 5.41) is 16.7. The average Bonchev–Trinajstić information content (AvgIpc) is 2.17. The van der Waals surface area contributed by atoms with Gasteiger partial charge in [0, 0.05) is 11.6 Å². The molecule has 0 aliphatic carbocycles. The van der Waals surface area contributed by atoms with Crippen LogP contribution in [0.3, 0.4) is 0 Å². The van der Waals surface area contributed by atoms with Crippen LogP contribution in [-0.4, -0.2) is 11.1 Å². The number of aliphatic carboxylic acids is 1. The Hall–Kier alpha value is -2.22. The summed E-state index contributed by atoms with van der Waals surface area (Å²) in [6, 6.07) is 3.33. The molecule has 76 valence electrons. The third-order valence-electron chi connectivity index (χ3n) is 1.64. The second-order valence-corrected chi connectivity index (χ2v) is 2.61. The van der Waals surface area contributed by atoms with Gasteiger partial charge in [-0.1, -0.05) is 0 Å². The molecule has 0 atom stereocenters. The van der Waals surface area contributed by atoms with Crippen molar-refractivity contribution in [1.82, 2.24) is 0 Å². The Bertz CT molecular complexity index is 475. The lowest BCUT2D eigenvalue weighted by atomic mass is 10.1. The van der Waals surface area contributed by atoms with Gasteiger partial charge in [0.1, 0.15) is 17.4 Å². The number of rotatable bonds is 2. The number of nitriles is 1. The predicted octanol–water partition coefficient (Wildman–Crippen LogP) is 1.93. The molecule has 0 saturated heterocycles. The van der Waals surface area contributed by atoms with Gasteiger partial charge in [-0.15, -0.1) is 0 Å². The molecule has 3 nitrogen and oxygen atoms in total. The highest BCUT2D eigenvalue weighted by Crippen LogP contribution is 2.17. The van der Waals surface area contributed by atoms with Crippen LogP contribution in [0.25, 0.3) is 6.08 Å². The lowest BCUT2D eigenvalue weighted by molar-refractivity contribution is -0.131. The third kappa shape index (κ3) is 2.38. The summed E-state index contributed by atoms with van der Waals surface area (Å²) >= 11 is 0. The van der Waals surface area contributed by atoms with E-state index in [0.717, 1.165) is 18.2 Å². The van der Waals surface area contributed by atoms with Crippen LogP contribution in [0.1, 0.15) is 11.1 Å². The van der Waals surface area contributed by atoms with E-state index in [1.54, 1.807) is 0 Å². The predicted molar refractivity (Wildman–Crippen MR) is 47.7 cm³/mol. The molecular formula is C10H5F2NO2. The Balaban J connectivity index is 3.23. The fraction of sp³-hybridized carbons (Fsp3) is 0. The zero-order valence-corrected chi connectivity index (χ0v) is 7.37. The summed E-state index contributed by atoms with van der Waals surface area (Å²) in [5.74, 6) is -3.28. The maximum absolute atomic E-state index is 13.3. The number of halogens is 2. The molecular weight excluding hydrogens is 204 g/mol. The summed E-state index contributed by atoms with van der Waals surface area (Å²) in [6.07, 6.45) is 1.66. The molecule has 1 aromatic carbocycles. The van der Waals surface area contributed by atoms with Crippen LogP contribution in [0, 0.1) is 23.0 Å². The van der Waals surface area contributed by atoms with E-state index in [1.807, 2.05) is 0 Å². The minimum absolute atomic E-state index is 0.143. The third-order valence-corrected chi connectivity index (χ3v) is 1.64.